The van der Waals surface area contributed by atoms with Crippen LogP contribution in [0.5, 0.6) is 0 Å². The largest absolute Gasteiger partial charge is 0.352 e. The predicted octanol–water partition coefficient (Wildman–Crippen LogP) is 3.29. The third-order valence-corrected chi connectivity index (χ3v) is 2.53. The smallest absolute Gasteiger partial charge is 0.166 e. The van der Waals surface area contributed by atoms with E-state index in [0.717, 1.165) is 17.2 Å². The van der Waals surface area contributed by atoms with Gasteiger partial charge in [-0.2, -0.15) is 0 Å². The second-order valence-corrected chi connectivity index (χ2v) is 3.51. The molecule has 1 aromatic carbocycles. The molecule has 1 N–H and O–H groups in total. The number of rotatable bonds is 1. The van der Waals surface area contributed by atoms with Crippen molar-refractivity contribution in [3.63, 3.8) is 0 Å². The van der Waals surface area contributed by atoms with Gasteiger partial charge in [0, 0.05) is 10.9 Å². The monoisotopic (exact) mass is 213 g/mol. The van der Waals surface area contributed by atoms with Crippen LogP contribution < -0.4 is 0 Å². The van der Waals surface area contributed by atoms with E-state index in [1.54, 1.807) is 18.2 Å². The fraction of sp³-hybridized carbons (Fsp3) is 0. The third kappa shape index (κ3) is 1.43. The molecule has 0 unspecified atom stereocenters. The number of H-pyrrole nitrogens is 1. The van der Waals surface area contributed by atoms with Gasteiger partial charge in [0.15, 0.2) is 6.29 Å². The number of carbonyl (C=O) groups is 1. The minimum absolute atomic E-state index is 0.480. The van der Waals surface area contributed by atoms with E-state index in [-0.39, 0.29) is 0 Å². The van der Waals surface area contributed by atoms with Crippen LogP contribution >= 0.6 is 23.2 Å². The minimum atomic E-state index is 0.480. The maximum absolute atomic E-state index is 10.4. The van der Waals surface area contributed by atoms with E-state index in [4.69, 9.17) is 23.2 Å². The quantitative estimate of drug-likeness (QED) is 0.725. The van der Waals surface area contributed by atoms with E-state index in [1.165, 1.54) is 0 Å². The summed E-state index contributed by atoms with van der Waals surface area (Å²) >= 11 is 11.6. The lowest BCUT2D eigenvalue weighted by atomic mass is 10.2. The van der Waals surface area contributed by atoms with Crippen LogP contribution in [0.3, 0.4) is 0 Å². The molecule has 2 aromatic rings. The number of aromatic nitrogens is 1. The Morgan fingerprint density at radius 2 is 1.85 bits per heavy atom. The summed E-state index contributed by atoms with van der Waals surface area (Å²) in [4.78, 5) is 13.4. The van der Waals surface area contributed by atoms with Crippen molar-refractivity contribution in [2.45, 2.75) is 0 Å². The van der Waals surface area contributed by atoms with Crippen molar-refractivity contribution in [3.05, 3.63) is 33.9 Å². The number of halogens is 2. The Labute approximate surface area is 84.5 Å². The zero-order valence-electron chi connectivity index (χ0n) is 6.47. The number of nitrogens with one attached hydrogen (secondary N) is 1. The normalized spacial score (nSPS) is 10.6. The van der Waals surface area contributed by atoms with Gasteiger partial charge in [0.25, 0.3) is 0 Å². The molecule has 0 saturated heterocycles. The van der Waals surface area contributed by atoms with E-state index in [2.05, 4.69) is 4.98 Å². The maximum Gasteiger partial charge on any atom is 0.166 e. The molecule has 2 nitrogen and oxygen atoms in total. The number of aldehydes is 1. The van der Waals surface area contributed by atoms with Crippen LogP contribution in [0.15, 0.2) is 18.2 Å². The third-order valence-electron chi connectivity index (χ3n) is 1.81. The molecule has 0 aliphatic heterocycles. The highest BCUT2D eigenvalue weighted by atomic mass is 35.5. The SMILES string of the molecule is O=Cc1cc2cc(Cl)c(Cl)cc2[nH]1. The second-order valence-electron chi connectivity index (χ2n) is 2.70. The fourth-order valence-corrected chi connectivity index (χ4v) is 1.55. The number of hydrogen-bond donors (Lipinski definition) is 1. The number of aromatic amines is 1. The first-order chi connectivity index (χ1) is 6.20. The summed E-state index contributed by atoms with van der Waals surface area (Å²) in [6, 6.07) is 5.15. The highest BCUT2D eigenvalue weighted by Gasteiger charge is 2.03. The Morgan fingerprint density at radius 3 is 2.54 bits per heavy atom. The van der Waals surface area contributed by atoms with Crippen LogP contribution in [0.25, 0.3) is 10.9 Å². The lowest BCUT2D eigenvalue weighted by molar-refractivity contribution is 0.112. The molecule has 0 radical (unpaired) electrons. The molecule has 0 fully saturated rings. The highest BCUT2D eigenvalue weighted by Crippen LogP contribution is 2.27. The maximum atomic E-state index is 10.4. The van der Waals surface area contributed by atoms with Crippen LogP contribution in [0.2, 0.25) is 10.0 Å². The number of benzene rings is 1. The fourth-order valence-electron chi connectivity index (χ4n) is 1.21. The van der Waals surface area contributed by atoms with Crippen molar-refractivity contribution < 1.29 is 4.79 Å². The van der Waals surface area contributed by atoms with Gasteiger partial charge in [-0.25, -0.2) is 0 Å². The molecule has 2 rings (SSSR count). The number of carbonyl (C=O) groups excluding carboxylic acids is 1. The second kappa shape index (κ2) is 3.05. The molecule has 0 amide bonds. The molecule has 0 aliphatic carbocycles. The first-order valence-corrected chi connectivity index (χ1v) is 4.39. The average molecular weight is 214 g/mol. The van der Waals surface area contributed by atoms with Crippen LogP contribution in [0, 0.1) is 0 Å². The van der Waals surface area contributed by atoms with Crippen molar-refractivity contribution in [1.82, 2.24) is 4.98 Å². The molecule has 0 bridgehead atoms. The van der Waals surface area contributed by atoms with Crippen molar-refractivity contribution >= 4 is 40.4 Å². The van der Waals surface area contributed by atoms with Crippen LogP contribution in [-0.2, 0) is 0 Å². The molecule has 13 heavy (non-hydrogen) atoms. The molecular formula is C9H5Cl2NO. The van der Waals surface area contributed by atoms with E-state index in [1.807, 2.05) is 0 Å². The van der Waals surface area contributed by atoms with Gasteiger partial charge in [-0.05, 0) is 18.2 Å². The lowest BCUT2D eigenvalue weighted by Gasteiger charge is -1.94. The summed E-state index contributed by atoms with van der Waals surface area (Å²) in [7, 11) is 0. The molecule has 0 saturated carbocycles. The van der Waals surface area contributed by atoms with Crippen LogP contribution in [0.1, 0.15) is 10.5 Å². The molecular weight excluding hydrogens is 209 g/mol. The van der Waals surface area contributed by atoms with Gasteiger partial charge in [0.1, 0.15) is 0 Å². The Morgan fingerprint density at radius 1 is 1.15 bits per heavy atom. The molecule has 1 aromatic heterocycles. The van der Waals surface area contributed by atoms with E-state index < -0.39 is 0 Å². The van der Waals surface area contributed by atoms with Gasteiger partial charge >= 0.3 is 0 Å². The molecule has 0 spiro atoms. The predicted molar refractivity (Wildman–Crippen MR) is 53.7 cm³/mol. The molecule has 0 aliphatic rings. The molecule has 4 heteroatoms. The van der Waals surface area contributed by atoms with E-state index >= 15 is 0 Å². The molecule has 1 heterocycles. The van der Waals surface area contributed by atoms with Crippen LogP contribution in [-0.4, -0.2) is 11.3 Å². The summed E-state index contributed by atoms with van der Waals surface area (Å²) < 4.78 is 0. The number of hydrogen-bond acceptors (Lipinski definition) is 1. The standard InChI is InChI=1S/C9H5Cl2NO/c10-7-2-5-1-6(4-13)12-9(5)3-8(7)11/h1-4,12H. The highest BCUT2D eigenvalue weighted by molar-refractivity contribution is 6.42. The first-order valence-electron chi connectivity index (χ1n) is 3.63. The van der Waals surface area contributed by atoms with Gasteiger partial charge in [0.05, 0.1) is 15.7 Å². The minimum Gasteiger partial charge on any atom is -0.352 e. The van der Waals surface area contributed by atoms with Gasteiger partial charge in [-0.1, -0.05) is 23.2 Å². The van der Waals surface area contributed by atoms with E-state index in [9.17, 15) is 4.79 Å². The number of fused-ring (bicyclic) bond motifs is 1. The zero-order chi connectivity index (χ0) is 9.42. The first kappa shape index (κ1) is 8.60. The van der Waals surface area contributed by atoms with E-state index in [0.29, 0.717) is 15.7 Å². The van der Waals surface area contributed by atoms with Gasteiger partial charge in [0.2, 0.25) is 0 Å². The Kier molecular flexibility index (Phi) is 2.02. The van der Waals surface area contributed by atoms with Gasteiger partial charge in [-0.15, -0.1) is 0 Å². The van der Waals surface area contributed by atoms with Crippen molar-refractivity contribution in [1.29, 1.82) is 0 Å². The summed E-state index contributed by atoms with van der Waals surface area (Å²) in [5.74, 6) is 0. The summed E-state index contributed by atoms with van der Waals surface area (Å²) in [5, 5.41) is 1.86. The van der Waals surface area contributed by atoms with Crippen molar-refractivity contribution in [2.75, 3.05) is 0 Å². The summed E-state index contributed by atoms with van der Waals surface area (Å²) in [6.45, 7) is 0. The molecule has 66 valence electrons. The van der Waals surface area contributed by atoms with Crippen LogP contribution in [0.4, 0.5) is 0 Å². The van der Waals surface area contributed by atoms with Gasteiger partial charge < -0.3 is 4.98 Å². The average Bonchev–Trinajstić information content (AvgIpc) is 2.48. The topological polar surface area (TPSA) is 32.9 Å². The van der Waals surface area contributed by atoms with Gasteiger partial charge in [-0.3, -0.25) is 4.79 Å². The zero-order valence-corrected chi connectivity index (χ0v) is 7.99. The lowest BCUT2D eigenvalue weighted by Crippen LogP contribution is -1.74. The molecule has 0 atom stereocenters. The van der Waals surface area contributed by atoms with Crippen molar-refractivity contribution in [2.24, 2.45) is 0 Å². The Bertz CT molecular complexity index is 437. The summed E-state index contributed by atoms with van der Waals surface area (Å²) in [5.41, 5.74) is 1.34. The summed E-state index contributed by atoms with van der Waals surface area (Å²) in [6.07, 6.45) is 0.752. The van der Waals surface area contributed by atoms with Crippen molar-refractivity contribution in [3.8, 4) is 0 Å². The Balaban J connectivity index is 2.77. The Hall–Kier alpha value is -0.990.